The molecule has 0 bridgehead atoms. The van der Waals surface area contributed by atoms with Crippen molar-refractivity contribution in [3.63, 3.8) is 0 Å². The number of thiol groups is 1. The van der Waals surface area contributed by atoms with Crippen LogP contribution < -0.4 is 5.32 Å². The molecular weight excluding hydrogens is 298 g/mol. The van der Waals surface area contributed by atoms with E-state index in [2.05, 4.69) is 17.9 Å². The molecule has 1 aromatic rings. The molecule has 0 aliphatic carbocycles. The number of nitrogens with one attached hydrogen (secondary N) is 1. The van der Waals surface area contributed by atoms with E-state index < -0.39 is 15.9 Å². The molecule has 7 heteroatoms. The van der Waals surface area contributed by atoms with Gasteiger partial charge >= 0.3 is 0 Å². The van der Waals surface area contributed by atoms with Gasteiger partial charge < -0.3 is 9.87 Å². The van der Waals surface area contributed by atoms with Crippen molar-refractivity contribution >= 4 is 28.7 Å². The van der Waals surface area contributed by atoms with Crippen LogP contribution in [0.5, 0.6) is 0 Å². The van der Waals surface area contributed by atoms with Crippen LogP contribution in [0.15, 0.2) is 24.3 Å². The summed E-state index contributed by atoms with van der Waals surface area (Å²) >= 11 is 4.14. The molecule has 1 unspecified atom stereocenters. The molecule has 0 spiro atoms. The molecule has 1 rings (SSSR count). The molecule has 20 heavy (non-hydrogen) atoms. The Labute approximate surface area is 124 Å². The number of carbonyl (C=O) groups is 1. The summed E-state index contributed by atoms with van der Waals surface area (Å²) in [6, 6.07) is 7.82. The molecule has 5 nitrogen and oxygen atoms in total. The second-order valence-corrected chi connectivity index (χ2v) is 6.51. The fraction of sp³-hybridized carbons (Fsp3) is 0.462. The number of benzene rings is 1. The lowest BCUT2D eigenvalue weighted by atomic mass is 9.99. The molecule has 0 aromatic heterocycles. The first-order valence-corrected chi connectivity index (χ1v) is 8.40. The molecule has 0 radical (unpaired) electrons. The van der Waals surface area contributed by atoms with Crippen LogP contribution in [-0.4, -0.2) is 36.9 Å². The van der Waals surface area contributed by atoms with Crippen LogP contribution in [0.4, 0.5) is 0 Å². The van der Waals surface area contributed by atoms with Gasteiger partial charge in [0.2, 0.25) is 5.91 Å². The largest absolute Gasteiger partial charge is 0.748 e. The number of hydrogen-bond donors (Lipinski definition) is 2. The predicted molar refractivity (Wildman–Crippen MR) is 79.8 cm³/mol. The van der Waals surface area contributed by atoms with Crippen molar-refractivity contribution in [2.45, 2.75) is 13.3 Å². The summed E-state index contributed by atoms with van der Waals surface area (Å²) < 4.78 is 31.4. The van der Waals surface area contributed by atoms with E-state index in [9.17, 15) is 17.8 Å². The summed E-state index contributed by atoms with van der Waals surface area (Å²) in [7, 11) is -4.30. The summed E-state index contributed by atoms with van der Waals surface area (Å²) in [6.07, 6.45) is 0.528. The monoisotopic (exact) mass is 316 g/mol. The van der Waals surface area contributed by atoms with Crippen LogP contribution in [0.1, 0.15) is 11.1 Å². The molecule has 0 fully saturated rings. The number of aryl methyl sites for hydroxylation is 1. The third kappa shape index (κ3) is 6.40. The van der Waals surface area contributed by atoms with Gasteiger partial charge in [0.1, 0.15) is 0 Å². The first-order chi connectivity index (χ1) is 9.31. The minimum Gasteiger partial charge on any atom is -0.748 e. The average molecular weight is 316 g/mol. The van der Waals surface area contributed by atoms with E-state index in [1.165, 1.54) is 0 Å². The maximum absolute atomic E-state index is 11.9. The van der Waals surface area contributed by atoms with Crippen LogP contribution in [0.3, 0.4) is 0 Å². The van der Waals surface area contributed by atoms with Crippen molar-refractivity contribution in [2.24, 2.45) is 5.92 Å². The smallest absolute Gasteiger partial charge is 0.224 e. The van der Waals surface area contributed by atoms with Gasteiger partial charge in [0.25, 0.3) is 0 Å². The molecule has 0 aliphatic rings. The zero-order valence-corrected chi connectivity index (χ0v) is 12.9. The summed E-state index contributed by atoms with van der Waals surface area (Å²) in [4.78, 5) is 11.9. The second kappa shape index (κ2) is 7.66. The number of rotatable bonds is 7. The van der Waals surface area contributed by atoms with Gasteiger partial charge in [-0.05, 0) is 18.9 Å². The third-order valence-corrected chi connectivity index (χ3v) is 3.99. The van der Waals surface area contributed by atoms with E-state index in [-0.39, 0.29) is 18.4 Å². The van der Waals surface area contributed by atoms with Crippen LogP contribution in [0.25, 0.3) is 0 Å². The van der Waals surface area contributed by atoms with E-state index in [1.807, 2.05) is 31.2 Å². The van der Waals surface area contributed by atoms with Crippen molar-refractivity contribution in [2.75, 3.05) is 18.1 Å². The first-order valence-electron chi connectivity index (χ1n) is 6.19. The van der Waals surface area contributed by atoms with Crippen molar-refractivity contribution in [3.8, 4) is 0 Å². The van der Waals surface area contributed by atoms with Crippen LogP contribution >= 0.6 is 12.6 Å². The average Bonchev–Trinajstić information content (AvgIpc) is 2.36. The Morgan fingerprint density at radius 3 is 2.45 bits per heavy atom. The van der Waals surface area contributed by atoms with E-state index in [0.717, 1.165) is 11.1 Å². The minimum atomic E-state index is -4.30. The lowest BCUT2D eigenvalue weighted by molar-refractivity contribution is -0.124. The Morgan fingerprint density at radius 1 is 1.35 bits per heavy atom. The van der Waals surface area contributed by atoms with Crippen molar-refractivity contribution in [1.29, 1.82) is 0 Å². The highest BCUT2D eigenvalue weighted by Crippen LogP contribution is 2.12. The van der Waals surface area contributed by atoms with Crippen molar-refractivity contribution in [1.82, 2.24) is 5.32 Å². The summed E-state index contributed by atoms with van der Waals surface area (Å²) in [5.74, 6) is -0.883. The number of carbonyl (C=O) groups excluding carboxylic acids is 1. The van der Waals surface area contributed by atoms with Gasteiger partial charge in [-0.15, -0.1) is 0 Å². The number of amides is 1. The maximum atomic E-state index is 11.9. The zero-order chi connectivity index (χ0) is 15.2. The topological polar surface area (TPSA) is 86.3 Å². The fourth-order valence-electron chi connectivity index (χ4n) is 1.69. The quantitative estimate of drug-likeness (QED) is 0.574. The summed E-state index contributed by atoms with van der Waals surface area (Å²) in [6.45, 7) is 1.82. The van der Waals surface area contributed by atoms with Crippen LogP contribution in [-0.2, 0) is 21.3 Å². The summed E-state index contributed by atoms with van der Waals surface area (Å²) in [5, 5.41) is 2.45. The molecule has 1 atom stereocenters. The van der Waals surface area contributed by atoms with Gasteiger partial charge in [-0.2, -0.15) is 12.6 Å². The molecule has 0 heterocycles. The Morgan fingerprint density at radius 2 is 1.95 bits per heavy atom. The summed E-state index contributed by atoms with van der Waals surface area (Å²) in [5.41, 5.74) is 2.16. The van der Waals surface area contributed by atoms with Gasteiger partial charge in [0.15, 0.2) is 0 Å². The fourth-order valence-corrected chi connectivity index (χ4v) is 2.34. The molecule has 0 saturated heterocycles. The van der Waals surface area contributed by atoms with Crippen LogP contribution in [0.2, 0.25) is 0 Å². The molecular formula is C13H18NO4S2-. The lowest BCUT2D eigenvalue weighted by Crippen LogP contribution is -2.36. The molecule has 1 aromatic carbocycles. The van der Waals surface area contributed by atoms with Gasteiger partial charge in [-0.1, -0.05) is 29.8 Å². The Hall–Kier alpha value is -1.05. The molecule has 1 N–H and O–H groups in total. The Kier molecular flexibility index (Phi) is 6.51. The highest BCUT2D eigenvalue weighted by Gasteiger charge is 2.17. The highest BCUT2D eigenvalue weighted by atomic mass is 32.2. The van der Waals surface area contributed by atoms with E-state index in [1.54, 1.807) is 0 Å². The zero-order valence-electron chi connectivity index (χ0n) is 11.2. The molecule has 0 saturated carbocycles. The van der Waals surface area contributed by atoms with Crippen molar-refractivity contribution in [3.05, 3.63) is 35.4 Å². The normalized spacial score (nSPS) is 12.9. The first kappa shape index (κ1) is 17.0. The van der Waals surface area contributed by atoms with E-state index in [0.29, 0.717) is 12.2 Å². The van der Waals surface area contributed by atoms with Gasteiger partial charge in [-0.25, -0.2) is 8.42 Å². The Balaban J connectivity index is 2.52. The van der Waals surface area contributed by atoms with Gasteiger partial charge in [0.05, 0.1) is 21.8 Å². The second-order valence-electron chi connectivity index (χ2n) is 4.62. The highest BCUT2D eigenvalue weighted by molar-refractivity contribution is 7.85. The van der Waals surface area contributed by atoms with Crippen molar-refractivity contribution < 1.29 is 17.8 Å². The lowest BCUT2D eigenvalue weighted by Gasteiger charge is -2.15. The minimum absolute atomic E-state index is 0.164. The van der Waals surface area contributed by atoms with E-state index >= 15 is 0 Å². The Bertz CT molecular complexity index is 540. The van der Waals surface area contributed by atoms with Crippen LogP contribution in [0, 0.1) is 12.8 Å². The molecule has 112 valence electrons. The molecule has 1 amide bonds. The maximum Gasteiger partial charge on any atom is 0.224 e. The van der Waals surface area contributed by atoms with Gasteiger partial charge in [0, 0.05) is 12.3 Å². The standard InChI is InChI=1S/C13H19NO4S2/c1-10-2-4-11(5-3-10)8-12(9-19)13(15)14-6-7-20(16,17)18/h2-5,12,19H,6-9H2,1H3,(H,14,15)(H,16,17,18)/p-1. The molecule has 0 aliphatic heterocycles. The SMILES string of the molecule is Cc1ccc(CC(CS)C(=O)NCCS(=O)(=O)[O-])cc1. The predicted octanol–water partition coefficient (Wildman–Crippen LogP) is 0.745. The van der Waals surface area contributed by atoms with Gasteiger partial charge in [-0.3, -0.25) is 4.79 Å². The van der Waals surface area contributed by atoms with E-state index in [4.69, 9.17) is 0 Å². The number of hydrogen-bond acceptors (Lipinski definition) is 5. The third-order valence-electron chi connectivity index (χ3n) is 2.85.